The Morgan fingerprint density at radius 2 is 2.24 bits per heavy atom. The number of H-pyrrole nitrogens is 1. The number of hydrogen-bond donors (Lipinski definition) is 2. The lowest BCUT2D eigenvalue weighted by atomic mass is 10.3. The summed E-state index contributed by atoms with van der Waals surface area (Å²) >= 11 is 0. The monoisotopic (exact) mass is 234 g/mol. The van der Waals surface area contributed by atoms with E-state index in [9.17, 15) is 0 Å². The maximum atomic E-state index is 5.70. The molecule has 0 atom stereocenters. The number of rotatable bonds is 1. The number of nitrogens with zero attached hydrogens (tertiary/aromatic N) is 4. The lowest BCUT2D eigenvalue weighted by Gasteiger charge is -2.21. The molecule has 0 aliphatic carbocycles. The van der Waals surface area contributed by atoms with E-state index in [-0.39, 0.29) is 5.95 Å². The minimum atomic E-state index is 0.266. The molecule has 7 heteroatoms. The van der Waals surface area contributed by atoms with E-state index in [0.717, 1.165) is 37.3 Å². The Hall–Kier alpha value is -1.89. The Balaban J connectivity index is 2.05. The van der Waals surface area contributed by atoms with Crippen molar-refractivity contribution in [2.45, 2.75) is 6.42 Å². The smallest absolute Gasteiger partial charge is 0.224 e. The molecule has 7 nitrogen and oxygen atoms in total. The molecule has 3 rings (SSSR count). The molecule has 0 bridgehead atoms. The number of anilines is 2. The van der Waals surface area contributed by atoms with E-state index in [4.69, 9.17) is 10.5 Å². The number of nitrogens with two attached hydrogens (primary N) is 1. The van der Waals surface area contributed by atoms with Crippen LogP contribution in [0.4, 0.5) is 11.8 Å². The van der Waals surface area contributed by atoms with Crippen LogP contribution in [0.15, 0.2) is 6.20 Å². The van der Waals surface area contributed by atoms with Crippen LogP contribution in [0.25, 0.3) is 11.0 Å². The van der Waals surface area contributed by atoms with Crippen molar-refractivity contribution in [3.8, 4) is 0 Å². The van der Waals surface area contributed by atoms with Crippen molar-refractivity contribution in [2.24, 2.45) is 0 Å². The summed E-state index contributed by atoms with van der Waals surface area (Å²) in [4.78, 5) is 10.6. The van der Waals surface area contributed by atoms with E-state index in [1.54, 1.807) is 6.20 Å². The highest BCUT2D eigenvalue weighted by Crippen LogP contribution is 2.23. The number of nitrogen functional groups attached to an aromatic ring is 1. The van der Waals surface area contributed by atoms with E-state index in [2.05, 4.69) is 25.1 Å². The van der Waals surface area contributed by atoms with Crippen LogP contribution in [0.2, 0.25) is 0 Å². The molecular formula is C10H14N6O. The average Bonchev–Trinajstić information content (AvgIpc) is 2.62. The fourth-order valence-corrected chi connectivity index (χ4v) is 2.04. The minimum absolute atomic E-state index is 0.266. The van der Waals surface area contributed by atoms with Crippen molar-refractivity contribution in [1.29, 1.82) is 0 Å². The molecule has 0 radical (unpaired) electrons. The predicted molar refractivity (Wildman–Crippen MR) is 63.7 cm³/mol. The van der Waals surface area contributed by atoms with Crippen molar-refractivity contribution >= 4 is 22.8 Å². The van der Waals surface area contributed by atoms with Crippen LogP contribution >= 0.6 is 0 Å². The van der Waals surface area contributed by atoms with Gasteiger partial charge in [0.15, 0.2) is 5.65 Å². The third-order valence-corrected chi connectivity index (χ3v) is 2.83. The van der Waals surface area contributed by atoms with Crippen LogP contribution < -0.4 is 10.6 Å². The molecule has 0 saturated carbocycles. The second-order valence-electron chi connectivity index (χ2n) is 3.99. The summed E-state index contributed by atoms with van der Waals surface area (Å²) in [5.41, 5.74) is 6.38. The third kappa shape index (κ3) is 1.89. The van der Waals surface area contributed by atoms with Gasteiger partial charge in [-0.15, -0.1) is 0 Å². The van der Waals surface area contributed by atoms with Gasteiger partial charge in [0.25, 0.3) is 0 Å². The second kappa shape index (κ2) is 4.17. The summed E-state index contributed by atoms with van der Waals surface area (Å²) in [6.45, 7) is 3.24. The van der Waals surface area contributed by atoms with Crippen molar-refractivity contribution in [3.63, 3.8) is 0 Å². The number of fused-ring (bicyclic) bond motifs is 1. The van der Waals surface area contributed by atoms with Crippen LogP contribution in [0.1, 0.15) is 6.42 Å². The fourth-order valence-electron chi connectivity index (χ4n) is 2.04. The van der Waals surface area contributed by atoms with Gasteiger partial charge in [0.2, 0.25) is 5.95 Å². The molecule has 0 aromatic carbocycles. The van der Waals surface area contributed by atoms with Crippen LogP contribution in [-0.4, -0.2) is 46.5 Å². The van der Waals surface area contributed by atoms with E-state index < -0.39 is 0 Å². The van der Waals surface area contributed by atoms with Gasteiger partial charge in [-0.3, -0.25) is 5.10 Å². The molecule has 1 saturated heterocycles. The van der Waals surface area contributed by atoms with Gasteiger partial charge in [-0.05, 0) is 6.42 Å². The molecule has 1 aliphatic heterocycles. The van der Waals surface area contributed by atoms with E-state index in [1.807, 2.05) is 0 Å². The summed E-state index contributed by atoms with van der Waals surface area (Å²) in [6, 6.07) is 0. The molecule has 2 aromatic heterocycles. The first kappa shape index (κ1) is 10.3. The molecule has 2 aromatic rings. The molecule has 0 unspecified atom stereocenters. The lowest BCUT2D eigenvalue weighted by Crippen LogP contribution is -2.27. The molecular weight excluding hydrogens is 220 g/mol. The highest BCUT2D eigenvalue weighted by Gasteiger charge is 2.16. The zero-order valence-electron chi connectivity index (χ0n) is 9.39. The van der Waals surface area contributed by atoms with Crippen molar-refractivity contribution in [2.75, 3.05) is 36.9 Å². The molecule has 3 N–H and O–H groups in total. The summed E-state index contributed by atoms with van der Waals surface area (Å²) in [5.74, 6) is 1.11. The highest BCUT2D eigenvalue weighted by atomic mass is 16.5. The van der Waals surface area contributed by atoms with Gasteiger partial charge < -0.3 is 15.4 Å². The van der Waals surface area contributed by atoms with Gasteiger partial charge in [0.1, 0.15) is 5.82 Å². The molecule has 0 amide bonds. The van der Waals surface area contributed by atoms with E-state index in [0.29, 0.717) is 12.3 Å². The van der Waals surface area contributed by atoms with Gasteiger partial charge >= 0.3 is 0 Å². The van der Waals surface area contributed by atoms with E-state index in [1.165, 1.54) is 0 Å². The fraction of sp³-hybridized carbons (Fsp3) is 0.500. The number of aromatic amines is 1. The molecule has 90 valence electrons. The summed E-state index contributed by atoms with van der Waals surface area (Å²) in [6.07, 6.45) is 2.72. The lowest BCUT2D eigenvalue weighted by molar-refractivity contribution is 0.152. The number of nitrogens with one attached hydrogen (secondary N) is 1. The molecule has 0 spiro atoms. The SMILES string of the molecule is Nc1nc(N2CCCOCC2)c2cn[nH]c2n1. The summed E-state index contributed by atoms with van der Waals surface area (Å²) in [5, 5.41) is 7.70. The highest BCUT2D eigenvalue weighted by molar-refractivity contribution is 5.87. The van der Waals surface area contributed by atoms with Crippen LogP contribution in [0, 0.1) is 0 Å². The van der Waals surface area contributed by atoms with Gasteiger partial charge in [-0.1, -0.05) is 0 Å². The predicted octanol–water partition coefficient (Wildman–Crippen LogP) is 0.162. The Morgan fingerprint density at radius 3 is 3.18 bits per heavy atom. The van der Waals surface area contributed by atoms with Gasteiger partial charge in [-0.2, -0.15) is 15.1 Å². The normalized spacial score (nSPS) is 17.3. The Labute approximate surface area is 98.0 Å². The van der Waals surface area contributed by atoms with Crippen LogP contribution in [-0.2, 0) is 4.74 Å². The Kier molecular flexibility index (Phi) is 2.52. The molecule has 1 fully saturated rings. The zero-order valence-corrected chi connectivity index (χ0v) is 9.39. The number of aromatic nitrogens is 4. The number of hydrogen-bond acceptors (Lipinski definition) is 6. The first-order valence-electron chi connectivity index (χ1n) is 5.64. The summed E-state index contributed by atoms with van der Waals surface area (Å²) < 4.78 is 5.43. The van der Waals surface area contributed by atoms with Crippen molar-refractivity contribution in [1.82, 2.24) is 20.2 Å². The second-order valence-corrected chi connectivity index (χ2v) is 3.99. The maximum Gasteiger partial charge on any atom is 0.224 e. The Morgan fingerprint density at radius 1 is 1.29 bits per heavy atom. The summed E-state index contributed by atoms with van der Waals surface area (Å²) in [7, 11) is 0. The van der Waals surface area contributed by atoms with Crippen molar-refractivity contribution in [3.05, 3.63) is 6.20 Å². The zero-order chi connectivity index (χ0) is 11.7. The average molecular weight is 234 g/mol. The van der Waals surface area contributed by atoms with Crippen LogP contribution in [0.3, 0.4) is 0 Å². The minimum Gasteiger partial charge on any atom is -0.380 e. The quantitative estimate of drug-likeness (QED) is 0.730. The first-order valence-corrected chi connectivity index (χ1v) is 5.64. The largest absolute Gasteiger partial charge is 0.380 e. The Bertz CT molecular complexity index is 516. The topological polar surface area (TPSA) is 93.0 Å². The first-order chi connectivity index (χ1) is 8.34. The standard InChI is InChI=1S/C10H14N6O/c11-10-13-8-7(6-12-15-8)9(14-10)16-2-1-4-17-5-3-16/h6H,1-5H2,(H3,11,12,13,14,15). The van der Waals surface area contributed by atoms with Gasteiger partial charge in [0, 0.05) is 19.7 Å². The molecule has 1 aliphatic rings. The molecule has 3 heterocycles. The van der Waals surface area contributed by atoms with Crippen LogP contribution in [0.5, 0.6) is 0 Å². The molecule has 17 heavy (non-hydrogen) atoms. The van der Waals surface area contributed by atoms with Gasteiger partial charge in [-0.25, -0.2) is 0 Å². The van der Waals surface area contributed by atoms with Gasteiger partial charge in [0.05, 0.1) is 18.2 Å². The maximum absolute atomic E-state index is 5.70. The third-order valence-electron chi connectivity index (χ3n) is 2.83. The number of ether oxygens (including phenoxy) is 1. The van der Waals surface area contributed by atoms with Crippen molar-refractivity contribution < 1.29 is 4.74 Å². The van der Waals surface area contributed by atoms with E-state index >= 15 is 0 Å².